The summed E-state index contributed by atoms with van der Waals surface area (Å²) in [5.41, 5.74) is 21.2. The molecule has 1 aromatic heterocycles. The highest BCUT2D eigenvalue weighted by Crippen LogP contribution is 2.50. The molecule has 0 spiro atoms. The van der Waals surface area contributed by atoms with E-state index < -0.39 is 0 Å². The molecule has 5 aromatic carbocycles. The van der Waals surface area contributed by atoms with Crippen LogP contribution in [0.1, 0.15) is 77.9 Å². The van der Waals surface area contributed by atoms with Crippen molar-refractivity contribution in [2.45, 2.75) is 51.4 Å². The van der Waals surface area contributed by atoms with Crippen LogP contribution in [0.2, 0.25) is 0 Å². The molecule has 0 fully saturated rings. The number of fused-ring (bicyclic) bond motifs is 6. The second kappa shape index (κ2) is 13.1. The van der Waals surface area contributed by atoms with Crippen molar-refractivity contribution >= 4 is 34.7 Å². The second-order valence-corrected chi connectivity index (χ2v) is 15.5. The molecule has 0 unspecified atom stereocenters. The lowest BCUT2D eigenvalue weighted by atomic mass is 9.82. The van der Waals surface area contributed by atoms with Crippen molar-refractivity contribution in [1.29, 1.82) is 0 Å². The van der Waals surface area contributed by atoms with Gasteiger partial charge in [0.2, 0.25) is 0 Å². The van der Waals surface area contributed by atoms with E-state index in [9.17, 15) is 0 Å². The average Bonchev–Trinajstić information content (AvgIpc) is 3.53. The van der Waals surface area contributed by atoms with Crippen LogP contribution >= 0.6 is 0 Å². The van der Waals surface area contributed by atoms with Gasteiger partial charge in [-0.25, -0.2) is 0 Å². The summed E-state index contributed by atoms with van der Waals surface area (Å²) in [5, 5.41) is 0. The van der Waals surface area contributed by atoms with Crippen LogP contribution in [-0.2, 0) is 18.3 Å². The molecule has 0 amide bonds. The highest BCUT2D eigenvalue weighted by Gasteiger charge is 2.36. The zero-order chi connectivity index (χ0) is 36.2. The number of rotatable bonds is 6. The number of allylic oxidation sites excluding steroid dienone is 7. The molecule has 262 valence electrons. The molecule has 2 heteroatoms. The minimum atomic E-state index is -0.0771. The molecule has 6 aromatic rings. The highest BCUT2D eigenvalue weighted by atomic mass is 15.1. The molecule has 4 aliphatic carbocycles. The van der Waals surface area contributed by atoms with Crippen LogP contribution in [0.25, 0.3) is 40.1 Å². The Kier molecular flexibility index (Phi) is 7.87. The Morgan fingerprint density at radius 1 is 0.593 bits per heavy atom. The molecule has 54 heavy (non-hydrogen) atoms. The van der Waals surface area contributed by atoms with Crippen LogP contribution in [0.15, 0.2) is 163 Å². The predicted molar refractivity (Wildman–Crippen MR) is 228 cm³/mol. The quantitative estimate of drug-likeness (QED) is 0.168. The fourth-order valence-corrected chi connectivity index (χ4v) is 9.32. The summed E-state index contributed by atoms with van der Waals surface area (Å²) in [5.74, 6) is 0. The number of benzene rings is 5. The Morgan fingerprint density at radius 2 is 1.31 bits per heavy atom. The van der Waals surface area contributed by atoms with E-state index in [4.69, 9.17) is 0 Å². The maximum Gasteiger partial charge on any atom is 0.0494 e. The zero-order valence-electron chi connectivity index (χ0n) is 31.1. The number of hydrogen-bond donors (Lipinski definition) is 0. The molecular formula is C52H44N2. The third-order valence-electron chi connectivity index (χ3n) is 12.1. The summed E-state index contributed by atoms with van der Waals surface area (Å²) < 4.78 is 2.51. The van der Waals surface area contributed by atoms with E-state index in [1.165, 1.54) is 78.4 Å². The molecule has 0 bridgehead atoms. The summed E-state index contributed by atoms with van der Waals surface area (Å²) in [4.78, 5) is 2.44. The Hall–Kier alpha value is -6.12. The first kappa shape index (κ1) is 32.5. The molecule has 0 atom stereocenters. The van der Waals surface area contributed by atoms with Crippen molar-refractivity contribution in [1.82, 2.24) is 4.57 Å². The number of aromatic nitrogens is 1. The zero-order valence-corrected chi connectivity index (χ0v) is 31.1. The van der Waals surface area contributed by atoms with Crippen LogP contribution in [-0.4, -0.2) is 4.57 Å². The van der Waals surface area contributed by atoms with Gasteiger partial charge >= 0.3 is 0 Å². The third-order valence-corrected chi connectivity index (χ3v) is 12.1. The monoisotopic (exact) mass is 696 g/mol. The van der Waals surface area contributed by atoms with Gasteiger partial charge in [-0.1, -0.05) is 123 Å². The second-order valence-electron chi connectivity index (χ2n) is 15.5. The highest BCUT2D eigenvalue weighted by molar-refractivity contribution is 5.89. The number of para-hydroxylation sites is 1. The van der Waals surface area contributed by atoms with Gasteiger partial charge < -0.3 is 9.47 Å². The molecule has 4 aliphatic rings. The number of hydrogen-bond acceptors (Lipinski definition) is 1. The predicted octanol–water partition coefficient (Wildman–Crippen LogP) is 13.3. The average molecular weight is 697 g/mol. The Labute approximate surface area is 319 Å². The lowest BCUT2D eigenvalue weighted by Gasteiger charge is -2.29. The number of anilines is 2. The van der Waals surface area contributed by atoms with Gasteiger partial charge in [-0.15, -0.1) is 0 Å². The van der Waals surface area contributed by atoms with Crippen molar-refractivity contribution in [3.05, 3.63) is 208 Å². The van der Waals surface area contributed by atoms with Crippen molar-refractivity contribution in [2.75, 3.05) is 4.90 Å². The fraction of sp³-hybridized carbons (Fsp3) is 0.154. The van der Waals surface area contributed by atoms with Gasteiger partial charge in [-0.2, -0.15) is 0 Å². The van der Waals surface area contributed by atoms with Crippen molar-refractivity contribution in [2.24, 2.45) is 0 Å². The van der Waals surface area contributed by atoms with Crippen molar-refractivity contribution in [3.8, 4) is 16.8 Å². The van der Waals surface area contributed by atoms with Crippen molar-refractivity contribution < 1.29 is 0 Å². The SMILES string of the molecule is CC1(C)c2ccccc2-c2ccc(N(C3=CC=C(c4ccccc4)CC=C3)c3ccc(C4=Cc5c6c(n(-c7ccccc7)c5CC4)C=CCC6)cc3)cc21. The van der Waals surface area contributed by atoms with Crippen LogP contribution < -0.4 is 4.90 Å². The van der Waals surface area contributed by atoms with E-state index >= 15 is 0 Å². The smallest absolute Gasteiger partial charge is 0.0494 e. The molecule has 0 saturated heterocycles. The first-order valence-electron chi connectivity index (χ1n) is 19.5. The van der Waals surface area contributed by atoms with E-state index in [0.717, 1.165) is 43.5 Å². The minimum absolute atomic E-state index is 0.0771. The van der Waals surface area contributed by atoms with Crippen LogP contribution in [0.3, 0.4) is 0 Å². The first-order chi connectivity index (χ1) is 26.5. The Morgan fingerprint density at radius 3 is 2.15 bits per heavy atom. The lowest BCUT2D eigenvalue weighted by Crippen LogP contribution is -2.18. The standard InChI is InChI=1S/C52H44N2/c1-52(2)48-22-11-9-20-44(48)45-32-31-43(35-49(45)52)53(41-19-13-16-37(24-28-41)36-14-5-3-6-15-36)42-29-25-38(26-30-42)39-27-33-51-47(34-39)46-21-10-12-23-50(46)54(51)40-17-7-4-8-18-40/h3-9,11-15,17-20,22-26,28-32,34-35H,10,16,21,27,33H2,1-2H3. The first-order valence-corrected chi connectivity index (χ1v) is 19.5. The summed E-state index contributed by atoms with van der Waals surface area (Å²) >= 11 is 0. The van der Waals surface area contributed by atoms with Crippen molar-refractivity contribution in [3.63, 3.8) is 0 Å². The fourth-order valence-electron chi connectivity index (χ4n) is 9.32. The number of nitrogens with zero attached hydrogens (tertiary/aromatic N) is 2. The lowest BCUT2D eigenvalue weighted by molar-refractivity contribution is 0.660. The molecular weight excluding hydrogens is 653 g/mol. The molecule has 10 rings (SSSR count). The maximum atomic E-state index is 2.51. The Balaban J connectivity index is 1.05. The molecule has 0 radical (unpaired) electrons. The maximum absolute atomic E-state index is 2.51. The Bertz CT molecular complexity index is 2570. The summed E-state index contributed by atoms with van der Waals surface area (Å²) in [6, 6.07) is 47.0. The molecule has 1 heterocycles. The van der Waals surface area contributed by atoms with Gasteiger partial charge in [0.25, 0.3) is 0 Å². The van der Waals surface area contributed by atoms with Gasteiger partial charge in [0.15, 0.2) is 0 Å². The topological polar surface area (TPSA) is 8.17 Å². The molecule has 0 aliphatic heterocycles. The van der Waals surface area contributed by atoms with E-state index in [-0.39, 0.29) is 5.41 Å². The van der Waals surface area contributed by atoms with Crippen LogP contribution in [0.5, 0.6) is 0 Å². The third kappa shape index (κ3) is 5.39. The normalized spacial score (nSPS) is 16.3. The summed E-state index contributed by atoms with van der Waals surface area (Å²) in [6.07, 6.45) is 21.5. The van der Waals surface area contributed by atoms with E-state index in [0.29, 0.717) is 0 Å². The van der Waals surface area contributed by atoms with Gasteiger partial charge in [0.1, 0.15) is 0 Å². The van der Waals surface area contributed by atoms with Crippen LogP contribution in [0.4, 0.5) is 11.4 Å². The van der Waals surface area contributed by atoms with E-state index in [1.807, 2.05) is 0 Å². The van der Waals surface area contributed by atoms with Gasteiger partial charge in [0.05, 0.1) is 0 Å². The van der Waals surface area contributed by atoms with Gasteiger partial charge in [-0.05, 0) is 148 Å². The van der Waals surface area contributed by atoms with Gasteiger partial charge in [0, 0.05) is 39.6 Å². The van der Waals surface area contributed by atoms with Crippen LogP contribution in [0, 0.1) is 0 Å². The molecule has 0 N–H and O–H groups in total. The van der Waals surface area contributed by atoms with E-state index in [1.54, 1.807) is 0 Å². The molecule has 0 saturated carbocycles. The molecule has 2 nitrogen and oxygen atoms in total. The minimum Gasteiger partial charge on any atom is -0.313 e. The summed E-state index contributed by atoms with van der Waals surface area (Å²) in [6.45, 7) is 4.73. The van der Waals surface area contributed by atoms with E-state index in [2.05, 4.69) is 193 Å². The van der Waals surface area contributed by atoms with Gasteiger partial charge in [-0.3, -0.25) is 0 Å². The summed E-state index contributed by atoms with van der Waals surface area (Å²) in [7, 11) is 0. The largest absolute Gasteiger partial charge is 0.313 e.